The summed E-state index contributed by atoms with van der Waals surface area (Å²) in [4.78, 5) is 19.4. The summed E-state index contributed by atoms with van der Waals surface area (Å²) in [5, 5.41) is 12.3. The Kier molecular flexibility index (Phi) is 5.58. The normalized spacial score (nSPS) is 14.4. The lowest BCUT2D eigenvalue weighted by molar-refractivity contribution is 0.102. The molecule has 31 heavy (non-hydrogen) atoms. The molecule has 0 saturated carbocycles. The highest BCUT2D eigenvalue weighted by atomic mass is 32.1. The molecular weight excluding hydrogens is 406 g/mol. The van der Waals surface area contributed by atoms with Crippen LogP contribution in [0.25, 0.3) is 21.5 Å². The minimum Gasteiger partial charge on any atom is -0.355 e. The molecular formula is C24H23N5OS. The third-order valence-corrected chi connectivity index (χ3v) is 6.52. The predicted molar refractivity (Wildman–Crippen MR) is 126 cm³/mol. The van der Waals surface area contributed by atoms with E-state index in [2.05, 4.69) is 25.4 Å². The Morgan fingerprint density at radius 1 is 0.903 bits per heavy atom. The lowest BCUT2D eigenvalue weighted by Crippen LogP contribution is -2.25. The number of nitrogens with zero attached hydrogens (tertiary/aromatic N) is 4. The van der Waals surface area contributed by atoms with Crippen LogP contribution in [0.2, 0.25) is 0 Å². The first-order valence-electron chi connectivity index (χ1n) is 10.6. The van der Waals surface area contributed by atoms with E-state index < -0.39 is 0 Å². The Labute approximate surface area is 185 Å². The Morgan fingerprint density at radius 3 is 2.52 bits per heavy atom. The summed E-state index contributed by atoms with van der Waals surface area (Å²) in [6.45, 7) is 2.09. The van der Waals surface area contributed by atoms with Crippen LogP contribution in [-0.4, -0.2) is 34.2 Å². The van der Waals surface area contributed by atoms with E-state index in [1.54, 1.807) is 0 Å². The summed E-state index contributed by atoms with van der Waals surface area (Å²) in [5.74, 6) is 0.729. The van der Waals surface area contributed by atoms with Gasteiger partial charge in [0, 0.05) is 24.3 Å². The lowest BCUT2D eigenvalue weighted by Gasteiger charge is -2.20. The maximum absolute atomic E-state index is 12.7. The molecule has 0 unspecified atom stereocenters. The monoisotopic (exact) mass is 429 g/mol. The van der Waals surface area contributed by atoms with E-state index >= 15 is 0 Å². The molecule has 0 spiro atoms. The molecule has 0 atom stereocenters. The Morgan fingerprint density at radius 2 is 1.74 bits per heavy atom. The Balaban J connectivity index is 1.32. The molecule has 156 valence electrons. The Bertz CT molecular complexity index is 1160. The topological polar surface area (TPSA) is 71.0 Å². The zero-order valence-corrected chi connectivity index (χ0v) is 17.9. The highest BCUT2D eigenvalue weighted by Gasteiger charge is 2.14. The minimum absolute atomic E-state index is 0.207. The van der Waals surface area contributed by atoms with Crippen molar-refractivity contribution >= 4 is 39.0 Å². The van der Waals surface area contributed by atoms with Crippen molar-refractivity contribution in [2.45, 2.75) is 25.7 Å². The SMILES string of the molecule is O=C(Nc1cccc(-c2ccc(N3CCCCCC3)nn2)c1)c1nc2ccccc2s1. The number of benzene rings is 2. The zero-order chi connectivity index (χ0) is 21.0. The van der Waals surface area contributed by atoms with E-state index in [1.165, 1.54) is 37.0 Å². The van der Waals surface area contributed by atoms with E-state index in [9.17, 15) is 4.79 Å². The van der Waals surface area contributed by atoms with Gasteiger partial charge in [0.1, 0.15) is 0 Å². The van der Waals surface area contributed by atoms with Gasteiger partial charge in [0.15, 0.2) is 10.8 Å². The van der Waals surface area contributed by atoms with Gasteiger partial charge in [-0.15, -0.1) is 21.5 Å². The van der Waals surface area contributed by atoms with Crippen LogP contribution in [0.3, 0.4) is 0 Å². The van der Waals surface area contributed by atoms with Gasteiger partial charge in [-0.3, -0.25) is 4.79 Å². The van der Waals surface area contributed by atoms with Crippen LogP contribution in [0.15, 0.2) is 60.7 Å². The first-order valence-corrected chi connectivity index (χ1v) is 11.4. The molecule has 2 aromatic heterocycles. The van der Waals surface area contributed by atoms with Crippen LogP contribution in [0.1, 0.15) is 35.5 Å². The van der Waals surface area contributed by atoms with Gasteiger partial charge in [0.2, 0.25) is 0 Å². The molecule has 0 aliphatic carbocycles. The molecule has 5 rings (SSSR count). The summed E-state index contributed by atoms with van der Waals surface area (Å²) in [6, 6.07) is 19.5. The standard InChI is InChI=1S/C24H23N5OS/c30-23(24-26-20-10-3-4-11-21(20)31-24)25-18-9-7-8-17(16-18)19-12-13-22(28-27-19)29-14-5-1-2-6-15-29/h3-4,7-13,16H,1-2,5-6,14-15H2,(H,25,30). The number of hydrogen-bond donors (Lipinski definition) is 1. The number of thiazole rings is 1. The third-order valence-electron chi connectivity index (χ3n) is 5.48. The van der Waals surface area contributed by atoms with E-state index in [-0.39, 0.29) is 5.91 Å². The van der Waals surface area contributed by atoms with Crippen LogP contribution in [0.5, 0.6) is 0 Å². The molecule has 1 amide bonds. The van der Waals surface area contributed by atoms with Gasteiger partial charge in [-0.25, -0.2) is 4.98 Å². The van der Waals surface area contributed by atoms with Crippen molar-refractivity contribution in [3.8, 4) is 11.3 Å². The van der Waals surface area contributed by atoms with Gasteiger partial charge in [-0.05, 0) is 49.2 Å². The van der Waals surface area contributed by atoms with E-state index in [0.717, 1.165) is 40.4 Å². The fraction of sp³-hybridized carbons (Fsp3) is 0.250. The van der Waals surface area contributed by atoms with Gasteiger partial charge in [-0.2, -0.15) is 0 Å². The molecule has 6 nitrogen and oxygen atoms in total. The number of rotatable bonds is 4. The largest absolute Gasteiger partial charge is 0.355 e. The maximum Gasteiger partial charge on any atom is 0.284 e. The van der Waals surface area contributed by atoms with E-state index in [4.69, 9.17) is 0 Å². The van der Waals surface area contributed by atoms with Crippen LogP contribution < -0.4 is 10.2 Å². The molecule has 3 heterocycles. The van der Waals surface area contributed by atoms with Crippen molar-refractivity contribution in [2.24, 2.45) is 0 Å². The third kappa shape index (κ3) is 4.41. The highest BCUT2D eigenvalue weighted by molar-refractivity contribution is 7.20. The fourth-order valence-electron chi connectivity index (χ4n) is 3.86. The summed E-state index contributed by atoms with van der Waals surface area (Å²) >= 11 is 1.39. The number of hydrogen-bond acceptors (Lipinski definition) is 6. The van der Waals surface area contributed by atoms with Crippen molar-refractivity contribution in [1.29, 1.82) is 0 Å². The second-order valence-electron chi connectivity index (χ2n) is 7.70. The van der Waals surface area contributed by atoms with Crippen molar-refractivity contribution in [2.75, 3.05) is 23.3 Å². The lowest BCUT2D eigenvalue weighted by atomic mass is 10.1. The van der Waals surface area contributed by atoms with Gasteiger partial charge in [-0.1, -0.05) is 37.1 Å². The maximum atomic E-state index is 12.7. The molecule has 1 N–H and O–H groups in total. The number of aromatic nitrogens is 3. The second-order valence-corrected chi connectivity index (χ2v) is 8.73. The van der Waals surface area contributed by atoms with E-state index in [1.807, 2.05) is 60.7 Å². The second kappa shape index (κ2) is 8.81. The van der Waals surface area contributed by atoms with Gasteiger partial charge in [0.25, 0.3) is 5.91 Å². The molecule has 4 aromatic rings. The molecule has 2 aromatic carbocycles. The van der Waals surface area contributed by atoms with Crippen molar-refractivity contribution in [1.82, 2.24) is 15.2 Å². The summed E-state index contributed by atoms with van der Waals surface area (Å²) in [7, 11) is 0. The summed E-state index contributed by atoms with van der Waals surface area (Å²) in [6.07, 6.45) is 4.99. The van der Waals surface area contributed by atoms with Crippen LogP contribution in [-0.2, 0) is 0 Å². The Hall–Kier alpha value is -3.32. The van der Waals surface area contributed by atoms with Crippen molar-refractivity contribution in [3.63, 3.8) is 0 Å². The average molecular weight is 430 g/mol. The molecule has 1 aliphatic rings. The van der Waals surface area contributed by atoms with Crippen molar-refractivity contribution in [3.05, 3.63) is 65.7 Å². The number of nitrogens with one attached hydrogen (secondary N) is 1. The van der Waals surface area contributed by atoms with Crippen molar-refractivity contribution < 1.29 is 4.79 Å². The summed E-state index contributed by atoms with van der Waals surface area (Å²) < 4.78 is 1.00. The number of carbonyl (C=O) groups is 1. The smallest absolute Gasteiger partial charge is 0.284 e. The molecule has 0 radical (unpaired) electrons. The molecule has 1 saturated heterocycles. The number of anilines is 2. The first kappa shape index (κ1) is 19.6. The fourth-order valence-corrected chi connectivity index (χ4v) is 4.72. The average Bonchev–Trinajstić information content (AvgIpc) is 3.06. The molecule has 1 aliphatic heterocycles. The number of para-hydroxylation sites is 1. The molecule has 1 fully saturated rings. The van der Waals surface area contributed by atoms with Gasteiger partial charge in [0.05, 0.1) is 15.9 Å². The molecule has 0 bridgehead atoms. The van der Waals surface area contributed by atoms with Crippen LogP contribution in [0.4, 0.5) is 11.5 Å². The van der Waals surface area contributed by atoms with Crippen LogP contribution >= 0.6 is 11.3 Å². The zero-order valence-electron chi connectivity index (χ0n) is 17.1. The number of carbonyl (C=O) groups excluding carboxylic acids is 1. The van der Waals surface area contributed by atoms with E-state index in [0.29, 0.717) is 10.7 Å². The predicted octanol–water partition coefficient (Wildman–Crippen LogP) is 5.39. The number of fused-ring (bicyclic) bond motifs is 1. The van der Waals surface area contributed by atoms with Gasteiger partial charge < -0.3 is 10.2 Å². The molecule has 7 heteroatoms. The quantitative estimate of drug-likeness (QED) is 0.471. The highest BCUT2D eigenvalue weighted by Crippen LogP contribution is 2.25. The van der Waals surface area contributed by atoms with Crippen LogP contribution in [0, 0.1) is 0 Å². The number of amides is 1. The summed E-state index contributed by atoms with van der Waals surface area (Å²) in [5.41, 5.74) is 3.25. The van der Waals surface area contributed by atoms with Gasteiger partial charge >= 0.3 is 0 Å². The first-order chi connectivity index (χ1) is 15.3. The minimum atomic E-state index is -0.207.